The van der Waals surface area contributed by atoms with Crippen molar-refractivity contribution in [2.75, 3.05) is 11.9 Å². The Morgan fingerprint density at radius 1 is 1.16 bits per heavy atom. The van der Waals surface area contributed by atoms with Crippen molar-refractivity contribution >= 4 is 11.7 Å². The summed E-state index contributed by atoms with van der Waals surface area (Å²) in [5.74, 6) is 0.552. The van der Waals surface area contributed by atoms with Crippen LogP contribution in [0.4, 0.5) is 14.9 Å². The first kappa shape index (κ1) is 22.0. The molecule has 2 aromatic carbocycles. The van der Waals surface area contributed by atoms with Crippen LogP contribution in [0.5, 0.6) is 0 Å². The normalized spacial score (nSPS) is 16.2. The van der Waals surface area contributed by atoms with Gasteiger partial charge in [0.2, 0.25) is 0 Å². The van der Waals surface area contributed by atoms with Crippen LogP contribution < -0.4 is 5.32 Å². The van der Waals surface area contributed by atoms with Crippen LogP contribution in [-0.2, 0) is 18.0 Å². The number of benzene rings is 2. The van der Waals surface area contributed by atoms with Gasteiger partial charge in [0, 0.05) is 12.2 Å². The molecule has 0 bridgehead atoms. The molecule has 2 heterocycles. The lowest BCUT2D eigenvalue weighted by atomic mass is 10.0. The van der Waals surface area contributed by atoms with Crippen LogP contribution in [0.15, 0.2) is 47.0 Å². The number of anilines is 1. The van der Waals surface area contributed by atoms with E-state index < -0.39 is 0 Å². The first-order valence-electron chi connectivity index (χ1n) is 10.8. The number of amides is 2. The van der Waals surface area contributed by atoms with Crippen molar-refractivity contribution in [1.29, 1.82) is 0 Å². The maximum Gasteiger partial charge on any atom is 0.322 e. The number of rotatable bonds is 6. The fourth-order valence-electron chi connectivity index (χ4n) is 3.76. The second kappa shape index (κ2) is 9.91. The fraction of sp³-hybridized carbons (Fsp3) is 0.375. The predicted molar refractivity (Wildman–Crippen MR) is 117 cm³/mol. The molecule has 0 aliphatic carbocycles. The Morgan fingerprint density at radius 3 is 2.75 bits per heavy atom. The molecule has 0 spiro atoms. The van der Waals surface area contributed by atoms with E-state index in [1.54, 1.807) is 17.0 Å². The average molecular weight is 439 g/mol. The number of likely N-dealkylation sites (tertiary alicyclic amines) is 1. The lowest BCUT2D eigenvalue weighted by Gasteiger charge is -2.33. The molecule has 0 radical (unpaired) electrons. The molecule has 1 aliphatic rings. The van der Waals surface area contributed by atoms with E-state index in [-0.39, 0.29) is 24.5 Å². The third kappa shape index (κ3) is 5.31. The second-order valence-electron chi connectivity index (χ2n) is 8.10. The minimum atomic E-state index is -0.283. The summed E-state index contributed by atoms with van der Waals surface area (Å²) in [6.07, 6.45) is 2.70. The minimum Gasteiger partial charge on any atom is -0.367 e. The second-order valence-corrected chi connectivity index (χ2v) is 8.10. The molecule has 8 heteroatoms. The van der Waals surface area contributed by atoms with Gasteiger partial charge in [0.05, 0.1) is 12.6 Å². The van der Waals surface area contributed by atoms with E-state index >= 15 is 0 Å². The van der Waals surface area contributed by atoms with Gasteiger partial charge in [-0.05, 0) is 74.1 Å². The zero-order valence-electron chi connectivity index (χ0n) is 18.3. The van der Waals surface area contributed by atoms with E-state index in [1.165, 1.54) is 17.7 Å². The highest BCUT2D eigenvalue weighted by Gasteiger charge is 2.31. The van der Waals surface area contributed by atoms with E-state index in [4.69, 9.17) is 9.26 Å². The molecule has 1 fully saturated rings. The van der Waals surface area contributed by atoms with E-state index in [1.807, 2.05) is 32.0 Å². The van der Waals surface area contributed by atoms with E-state index in [0.717, 1.165) is 36.1 Å². The van der Waals surface area contributed by atoms with Crippen LogP contribution in [0.2, 0.25) is 0 Å². The van der Waals surface area contributed by atoms with E-state index in [0.29, 0.717) is 24.9 Å². The van der Waals surface area contributed by atoms with Gasteiger partial charge in [-0.1, -0.05) is 23.4 Å². The maximum absolute atomic E-state index is 13.0. The number of aromatic nitrogens is 2. The summed E-state index contributed by atoms with van der Waals surface area (Å²) < 4.78 is 23.9. The van der Waals surface area contributed by atoms with Gasteiger partial charge in [-0.15, -0.1) is 0 Å². The number of nitrogens with one attached hydrogen (secondary N) is 1. The minimum absolute atomic E-state index is 0.145. The Hall–Kier alpha value is -3.26. The lowest BCUT2D eigenvalue weighted by Crippen LogP contribution is -2.41. The van der Waals surface area contributed by atoms with Gasteiger partial charge < -0.3 is 19.5 Å². The van der Waals surface area contributed by atoms with Gasteiger partial charge in [0.1, 0.15) is 12.4 Å². The zero-order chi connectivity index (χ0) is 22.5. The molecular weight excluding hydrogens is 411 g/mol. The first-order valence-corrected chi connectivity index (χ1v) is 10.8. The third-order valence-electron chi connectivity index (χ3n) is 5.71. The molecule has 2 amide bonds. The number of piperidine rings is 1. The summed E-state index contributed by atoms with van der Waals surface area (Å²) in [5.41, 5.74) is 3.93. The van der Waals surface area contributed by atoms with Crippen molar-refractivity contribution in [1.82, 2.24) is 15.0 Å². The Bertz CT molecular complexity index is 1070. The van der Waals surface area contributed by atoms with Crippen LogP contribution in [0.3, 0.4) is 0 Å². The van der Waals surface area contributed by atoms with Crippen molar-refractivity contribution in [3.05, 3.63) is 76.7 Å². The standard InChI is InChI=1S/C24H27FN4O3/c1-16-6-11-20(13-17(16)2)26-24(30)29-12-4-3-5-21(29)23-27-22(32-28-23)15-31-14-18-7-9-19(25)10-8-18/h6-11,13,21H,3-5,12,14-15H2,1-2H3,(H,26,30). The number of carbonyl (C=O) groups is 1. The Labute approximate surface area is 186 Å². The van der Waals surface area contributed by atoms with Crippen molar-refractivity contribution in [3.8, 4) is 0 Å². The zero-order valence-corrected chi connectivity index (χ0v) is 18.3. The van der Waals surface area contributed by atoms with Gasteiger partial charge in [0.15, 0.2) is 5.82 Å². The smallest absolute Gasteiger partial charge is 0.322 e. The Kier molecular flexibility index (Phi) is 6.80. The first-order chi connectivity index (χ1) is 15.5. The molecule has 7 nitrogen and oxygen atoms in total. The fourth-order valence-corrected chi connectivity index (χ4v) is 3.76. The summed E-state index contributed by atoms with van der Waals surface area (Å²) in [5, 5.41) is 7.10. The molecule has 168 valence electrons. The molecule has 1 saturated heterocycles. The molecule has 1 aliphatic heterocycles. The van der Waals surface area contributed by atoms with Crippen LogP contribution in [0, 0.1) is 19.7 Å². The SMILES string of the molecule is Cc1ccc(NC(=O)N2CCCCC2c2noc(COCc3ccc(F)cc3)n2)cc1C. The summed E-state index contributed by atoms with van der Waals surface area (Å²) in [7, 11) is 0. The average Bonchev–Trinajstić information content (AvgIpc) is 3.26. The molecule has 1 N–H and O–H groups in total. The predicted octanol–water partition coefficient (Wildman–Crippen LogP) is 5.30. The number of aryl methyl sites for hydroxylation is 2. The van der Waals surface area contributed by atoms with Crippen LogP contribution in [0.1, 0.15) is 53.7 Å². The molecule has 1 unspecified atom stereocenters. The van der Waals surface area contributed by atoms with Crippen LogP contribution >= 0.6 is 0 Å². The molecule has 0 saturated carbocycles. The summed E-state index contributed by atoms with van der Waals surface area (Å²) >= 11 is 0. The number of hydrogen-bond acceptors (Lipinski definition) is 5. The van der Waals surface area contributed by atoms with Crippen LogP contribution in [0.25, 0.3) is 0 Å². The Morgan fingerprint density at radius 2 is 1.97 bits per heavy atom. The van der Waals surface area contributed by atoms with Gasteiger partial charge in [-0.25, -0.2) is 9.18 Å². The van der Waals surface area contributed by atoms with Crippen LogP contribution in [-0.4, -0.2) is 27.6 Å². The number of urea groups is 1. The largest absolute Gasteiger partial charge is 0.367 e. The summed E-state index contributed by atoms with van der Waals surface area (Å²) in [6.45, 7) is 5.15. The molecular formula is C24H27FN4O3. The van der Waals surface area contributed by atoms with E-state index in [9.17, 15) is 9.18 Å². The maximum atomic E-state index is 13.0. The number of ether oxygens (including phenoxy) is 1. The summed E-state index contributed by atoms with van der Waals surface area (Å²) in [4.78, 5) is 19.2. The third-order valence-corrected chi connectivity index (χ3v) is 5.71. The van der Waals surface area contributed by atoms with Gasteiger partial charge >= 0.3 is 6.03 Å². The van der Waals surface area contributed by atoms with Gasteiger partial charge in [0.25, 0.3) is 5.89 Å². The quantitative estimate of drug-likeness (QED) is 0.565. The lowest BCUT2D eigenvalue weighted by molar-refractivity contribution is 0.0850. The highest BCUT2D eigenvalue weighted by atomic mass is 19.1. The van der Waals surface area contributed by atoms with Crippen molar-refractivity contribution in [3.63, 3.8) is 0 Å². The molecule has 1 atom stereocenters. The molecule has 1 aromatic heterocycles. The number of halogens is 1. The molecule has 3 aromatic rings. The van der Waals surface area contributed by atoms with Gasteiger partial charge in [-0.2, -0.15) is 4.98 Å². The van der Waals surface area contributed by atoms with Gasteiger partial charge in [-0.3, -0.25) is 0 Å². The topological polar surface area (TPSA) is 80.5 Å². The van der Waals surface area contributed by atoms with Crippen molar-refractivity contribution in [2.45, 2.75) is 52.4 Å². The summed E-state index contributed by atoms with van der Waals surface area (Å²) in [6, 6.07) is 11.6. The monoisotopic (exact) mass is 438 g/mol. The highest BCUT2D eigenvalue weighted by molar-refractivity contribution is 5.89. The number of carbonyl (C=O) groups excluding carboxylic acids is 1. The van der Waals surface area contributed by atoms with E-state index in [2.05, 4.69) is 15.5 Å². The number of hydrogen-bond donors (Lipinski definition) is 1. The molecule has 32 heavy (non-hydrogen) atoms. The number of nitrogens with zero attached hydrogens (tertiary/aromatic N) is 3. The van der Waals surface area contributed by atoms with Crippen molar-refractivity contribution in [2.24, 2.45) is 0 Å². The molecule has 4 rings (SSSR count). The van der Waals surface area contributed by atoms with Crippen molar-refractivity contribution < 1.29 is 18.4 Å². The highest BCUT2D eigenvalue weighted by Crippen LogP contribution is 2.30. The Balaban J connectivity index is 1.37.